The Bertz CT molecular complexity index is 410. The molecule has 1 aromatic carbocycles. The van der Waals surface area contributed by atoms with Crippen LogP contribution < -0.4 is 4.74 Å². The lowest BCUT2D eigenvalue weighted by Gasteiger charge is -2.34. The summed E-state index contributed by atoms with van der Waals surface area (Å²) in [6.07, 6.45) is 0.628. The van der Waals surface area contributed by atoms with E-state index in [2.05, 4.69) is 27.8 Å². The van der Waals surface area contributed by atoms with Crippen molar-refractivity contribution in [2.75, 3.05) is 26.2 Å². The summed E-state index contributed by atoms with van der Waals surface area (Å²) in [5.41, 5.74) is 0. The van der Waals surface area contributed by atoms with E-state index in [0.29, 0.717) is 22.7 Å². The third kappa shape index (κ3) is 4.44. The molecule has 2 atom stereocenters. The molecule has 0 saturated carbocycles. The number of halogens is 2. The van der Waals surface area contributed by atoms with E-state index in [1.807, 2.05) is 0 Å². The molecule has 0 radical (unpaired) electrons. The van der Waals surface area contributed by atoms with Gasteiger partial charge in [-0.25, -0.2) is 4.39 Å². The Balaban J connectivity index is 1.77. The van der Waals surface area contributed by atoms with Gasteiger partial charge in [-0.1, -0.05) is 22.9 Å². The van der Waals surface area contributed by atoms with Crippen molar-refractivity contribution in [2.24, 2.45) is 5.92 Å². The fourth-order valence-corrected chi connectivity index (χ4v) is 2.77. The first-order chi connectivity index (χ1) is 9.04. The first kappa shape index (κ1) is 14.8. The molecule has 0 aliphatic carbocycles. The Morgan fingerprint density at radius 3 is 2.95 bits per heavy atom. The second-order valence-electron chi connectivity index (χ2n) is 5.09. The number of hydrogen-bond donors (Lipinski definition) is 1. The number of rotatable bonds is 4. The van der Waals surface area contributed by atoms with Crippen molar-refractivity contribution >= 4 is 15.9 Å². The maximum Gasteiger partial charge on any atom is 0.128 e. The van der Waals surface area contributed by atoms with Crippen LogP contribution in [-0.4, -0.2) is 42.4 Å². The number of benzene rings is 1. The molecule has 0 bridgehead atoms. The predicted octanol–water partition coefficient (Wildman–Crippen LogP) is 2.67. The van der Waals surface area contributed by atoms with Crippen LogP contribution in [0.4, 0.5) is 4.39 Å². The standard InChI is InChI=1S/C14H19BrFNO2/c1-10-9-17(3-2-14(10)18)4-5-19-13-7-11(15)6-12(16)8-13/h6-8,10,14,18H,2-5,9H2,1H3/t10-,14+/m1/s1. The van der Waals surface area contributed by atoms with Gasteiger partial charge in [0.25, 0.3) is 0 Å². The van der Waals surface area contributed by atoms with Gasteiger partial charge >= 0.3 is 0 Å². The molecule has 1 aliphatic rings. The third-order valence-electron chi connectivity index (χ3n) is 3.46. The van der Waals surface area contributed by atoms with Crippen LogP contribution in [0, 0.1) is 11.7 Å². The van der Waals surface area contributed by atoms with Gasteiger partial charge in [-0.15, -0.1) is 0 Å². The van der Waals surface area contributed by atoms with Crippen molar-refractivity contribution in [1.29, 1.82) is 0 Å². The summed E-state index contributed by atoms with van der Waals surface area (Å²) in [6, 6.07) is 4.54. The highest BCUT2D eigenvalue weighted by molar-refractivity contribution is 9.10. The lowest BCUT2D eigenvalue weighted by atomic mass is 9.97. The molecule has 1 heterocycles. The second kappa shape index (κ2) is 6.68. The molecular formula is C14H19BrFNO2. The van der Waals surface area contributed by atoms with Gasteiger partial charge in [0.1, 0.15) is 18.2 Å². The molecule has 5 heteroatoms. The summed E-state index contributed by atoms with van der Waals surface area (Å²) in [4.78, 5) is 2.27. The zero-order chi connectivity index (χ0) is 13.8. The van der Waals surface area contributed by atoms with Crippen LogP contribution in [0.3, 0.4) is 0 Å². The molecule has 106 valence electrons. The van der Waals surface area contributed by atoms with Gasteiger partial charge in [-0.3, -0.25) is 4.90 Å². The van der Waals surface area contributed by atoms with Crippen LogP contribution in [0.5, 0.6) is 5.75 Å². The van der Waals surface area contributed by atoms with Crippen molar-refractivity contribution in [3.63, 3.8) is 0 Å². The summed E-state index contributed by atoms with van der Waals surface area (Å²) in [5, 5.41) is 9.66. The van der Waals surface area contributed by atoms with Crippen LogP contribution in [0.15, 0.2) is 22.7 Å². The minimum Gasteiger partial charge on any atom is -0.492 e. The molecule has 0 aromatic heterocycles. The Morgan fingerprint density at radius 2 is 2.26 bits per heavy atom. The Morgan fingerprint density at radius 1 is 1.47 bits per heavy atom. The maximum absolute atomic E-state index is 13.2. The molecule has 1 saturated heterocycles. The average Bonchev–Trinajstić information content (AvgIpc) is 2.32. The van der Waals surface area contributed by atoms with E-state index in [0.717, 1.165) is 26.1 Å². The molecule has 1 N–H and O–H groups in total. The van der Waals surface area contributed by atoms with Crippen molar-refractivity contribution in [2.45, 2.75) is 19.4 Å². The van der Waals surface area contributed by atoms with E-state index in [4.69, 9.17) is 4.74 Å². The first-order valence-electron chi connectivity index (χ1n) is 6.54. The number of likely N-dealkylation sites (tertiary alicyclic amines) is 1. The number of aliphatic hydroxyl groups is 1. The van der Waals surface area contributed by atoms with E-state index in [9.17, 15) is 9.50 Å². The molecule has 2 rings (SSSR count). The van der Waals surface area contributed by atoms with E-state index >= 15 is 0 Å². The van der Waals surface area contributed by atoms with Gasteiger partial charge in [-0.05, 0) is 24.5 Å². The first-order valence-corrected chi connectivity index (χ1v) is 7.33. The zero-order valence-electron chi connectivity index (χ0n) is 11.0. The molecule has 0 spiro atoms. The van der Waals surface area contributed by atoms with E-state index in [1.54, 1.807) is 6.07 Å². The maximum atomic E-state index is 13.2. The number of hydrogen-bond acceptors (Lipinski definition) is 3. The average molecular weight is 332 g/mol. The number of ether oxygens (including phenoxy) is 1. The van der Waals surface area contributed by atoms with E-state index in [-0.39, 0.29) is 11.9 Å². The van der Waals surface area contributed by atoms with Crippen molar-refractivity contribution in [3.8, 4) is 5.75 Å². The Hall–Kier alpha value is -0.650. The van der Waals surface area contributed by atoms with Gasteiger partial charge in [0.2, 0.25) is 0 Å². The summed E-state index contributed by atoms with van der Waals surface area (Å²) in [6.45, 7) is 5.16. The number of aliphatic hydroxyl groups excluding tert-OH is 1. The molecular weight excluding hydrogens is 313 g/mol. The van der Waals surface area contributed by atoms with E-state index in [1.165, 1.54) is 12.1 Å². The third-order valence-corrected chi connectivity index (χ3v) is 3.91. The van der Waals surface area contributed by atoms with Gasteiger partial charge in [0, 0.05) is 30.2 Å². The van der Waals surface area contributed by atoms with Crippen molar-refractivity contribution in [1.82, 2.24) is 4.90 Å². The molecule has 0 amide bonds. The fraction of sp³-hybridized carbons (Fsp3) is 0.571. The predicted molar refractivity (Wildman–Crippen MR) is 75.8 cm³/mol. The molecule has 19 heavy (non-hydrogen) atoms. The summed E-state index contributed by atoms with van der Waals surface area (Å²) < 4.78 is 19.4. The monoisotopic (exact) mass is 331 g/mol. The smallest absolute Gasteiger partial charge is 0.128 e. The quantitative estimate of drug-likeness (QED) is 0.920. The molecule has 3 nitrogen and oxygen atoms in total. The molecule has 0 unspecified atom stereocenters. The van der Waals surface area contributed by atoms with Crippen LogP contribution in [0.2, 0.25) is 0 Å². The minimum absolute atomic E-state index is 0.184. The van der Waals surface area contributed by atoms with Gasteiger partial charge in [0.05, 0.1) is 6.10 Å². The summed E-state index contributed by atoms with van der Waals surface area (Å²) in [7, 11) is 0. The lowest BCUT2D eigenvalue weighted by Crippen LogP contribution is -2.43. The highest BCUT2D eigenvalue weighted by Gasteiger charge is 2.23. The SMILES string of the molecule is C[C@@H]1CN(CCOc2cc(F)cc(Br)c2)CC[C@@H]1O. The Labute approximate surface area is 121 Å². The summed E-state index contributed by atoms with van der Waals surface area (Å²) in [5.74, 6) is 0.535. The van der Waals surface area contributed by atoms with Crippen LogP contribution in [0.1, 0.15) is 13.3 Å². The minimum atomic E-state index is -0.306. The van der Waals surface area contributed by atoms with Gasteiger partial charge in [0.15, 0.2) is 0 Å². The van der Waals surface area contributed by atoms with Crippen molar-refractivity contribution < 1.29 is 14.2 Å². The normalized spacial score (nSPS) is 24.4. The second-order valence-corrected chi connectivity index (χ2v) is 6.00. The van der Waals surface area contributed by atoms with Crippen LogP contribution in [-0.2, 0) is 0 Å². The largest absolute Gasteiger partial charge is 0.492 e. The molecule has 1 aromatic rings. The van der Waals surface area contributed by atoms with Gasteiger partial charge < -0.3 is 9.84 Å². The highest BCUT2D eigenvalue weighted by Crippen LogP contribution is 2.21. The molecule has 1 aliphatic heterocycles. The van der Waals surface area contributed by atoms with Crippen LogP contribution >= 0.6 is 15.9 Å². The van der Waals surface area contributed by atoms with Crippen LogP contribution in [0.25, 0.3) is 0 Å². The lowest BCUT2D eigenvalue weighted by molar-refractivity contribution is 0.0304. The number of piperidine rings is 1. The highest BCUT2D eigenvalue weighted by atomic mass is 79.9. The Kier molecular flexibility index (Phi) is 5.19. The van der Waals surface area contributed by atoms with E-state index < -0.39 is 0 Å². The fourth-order valence-electron chi connectivity index (χ4n) is 2.33. The van der Waals surface area contributed by atoms with Crippen molar-refractivity contribution in [3.05, 3.63) is 28.5 Å². The van der Waals surface area contributed by atoms with Gasteiger partial charge in [-0.2, -0.15) is 0 Å². The zero-order valence-corrected chi connectivity index (χ0v) is 12.6. The topological polar surface area (TPSA) is 32.7 Å². The number of nitrogens with zero attached hydrogens (tertiary/aromatic N) is 1. The summed E-state index contributed by atoms with van der Waals surface area (Å²) >= 11 is 3.24. The molecule has 1 fully saturated rings.